The normalized spacial score (nSPS) is 19.1. The molecule has 1 heterocycles. The van der Waals surface area contributed by atoms with Crippen LogP contribution in [0.1, 0.15) is 37.0 Å². The zero-order valence-electron chi connectivity index (χ0n) is 11.6. The summed E-state index contributed by atoms with van der Waals surface area (Å²) in [6, 6.07) is 1.56. The summed E-state index contributed by atoms with van der Waals surface area (Å²) in [6.45, 7) is 0.235. The summed E-state index contributed by atoms with van der Waals surface area (Å²) in [4.78, 5) is 0.719. The van der Waals surface area contributed by atoms with Gasteiger partial charge in [-0.25, -0.2) is 13.1 Å². The van der Waals surface area contributed by atoms with Gasteiger partial charge in [-0.2, -0.15) is 11.8 Å². The van der Waals surface area contributed by atoms with Crippen LogP contribution < -0.4 is 4.72 Å². The Morgan fingerprint density at radius 3 is 2.70 bits per heavy atom. The van der Waals surface area contributed by atoms with Crippen molar-refractivity contribution in [2.75, 3.05) is 12.8 Å². The molecule has 7 heteroatoms. The van der Waals surface area contributed by atoms with Crippen molar-refractivity contribution in [1.29, 1.82) is 0 Å². The Morgan fingerprint density at radius 2 is 2.10 bits per heavy atom. The van der Waals surface area contributed by atoms with Crippen LogP contribution in [-0.2, 0) is 16.6 Å². The summed E-state index contributed by atoms with van der Waals surface area (Å²) in [6.07, 6.45) is 7.77. The third-order valence-corrected chi connectivity index (χ3v) is 7.86. The summed E-state index contributed by atoms with van der Waals surface area (Å²) >= 11 is 3.04. The molecule has 0 saturated heterocycles. The molecule has 1 saturated carbocycles. The number of aliphatic hydroxyl groups excluding tert-OH is 1. The third kappa shape index (κ3) is 3.57. The molecule has 1 aliphatic rings. The number of thioether (sulfide) groups is 1. The van der Waals surface area contributed by atoms with Crippen LogP contribution in [0.2, 0.25) is 0 Å². The van der Waals surface area contributed by atoms with E-state index in [1.165, 1.54) is 30.6 Å². The van der Waals surface area contributed by atoms with Gasteiger partial charge in [-0.3, -0.25) is 0 Å². The maximum absolute atomic E-state index is 12.3. The second-order valence-corrected chi connectivity index (χ2v) is 9.15. The highest BCUT2D eigenvalue weighted by Crippen LogP contribution is 2.38. The number of sulfonamides is 1. The monoisotopic (exact) mass is 335 g/mol. The number of thiophene rings is 1. The molecule has 0 aliphatic heterocycles. The lowest BCUT2D eigenvalue weighted by Gasteiger charge is -2.35. The lowest BCUT2D eigenvalue weighted by molar-refractivity contribution is 0.282. The zero-order chi connectivity index (χ0) is 14.6. The highest BCUT2D eigenvalue weighted by Gasteiger charge is 2.33. The van der Waals surface area contributed by atoms with Crippen molar-refractivity contribution in [2.24, 2.45) is 0 Å². The molecule has 20 heavy (non-hydrogen) atoms. The van der Waals surface area contributed by atoms with Gasteiger partial charge in [0.15, 0.2) is 0 Å². The Hall–Kier alpha value is -0.0800. The number of rotatable bonds is 6. The summed E-state index contributed by atoms with van der Waals surface area (Å²) < 4.78 is 27.5. The van der Waals surface area contributed by atoms with Crippen LogP contribution in [0.25, 0.3) is 0 Å². The molecule has 0 atom stereocenters. The second kappa shape index (κ2) is 6.79. The molecule has 0 bridgehead atoms. The van der Waals surface area contributed by atoms with Crippen LogP contribution in [0.15, 0.2) is 16.3 Å². The van der Waals surface area contributed by atoms with Crippen molar-refractivity contribution in [3.8, 4) is 0 Å². The predicted octanol–water partition coefficient (Wildman–Crippen LogP) is 2.58. The molecular formula is C13H21NO3S3. The fourth-order valence-electron chi connectivity index (χ4n) is 2.64. The van der Waals surface area contributed by atoms with Gasteiger partial charge >= 0.3 is 0 Å². The Kier molecular flexibility index (Phi) is 5.53. The van der Waals surface area contributed by atoms with E-state index in [1.54, 1.807) is 23.2 Å². The molecule has 2 N–H and O–H groups in total. The Bertz CT molecular complexity index is 533. The van der Waals surface area contributed by atoms with Crippen molar-refractivity contribution in [1.82, 2.24) is 4.72 Å². The molecule has 1 aromatic heterocycles. The molecule has 114 valence electrons. The molecule has 0 radical (unpaired) electrons. The minimum absolute atomic E-state index is 0.0285. The van der Waals surface area contributed by atoms with Gasteiger partial charge in [0.2, 0.25) is 10.0 Å². The molecule has 0 unspecified atom stereocenters. The van der Waals surface area contributed by atoms with Gasteiger partial charge in [0.05, 0.1) is 11.5 Å². The largest absolute Gasteiger partial charge is 0.391 e. The molecule has 0 aromatic carbocycles. The van der Waals surface area contributed by atoms with Gasteiger partial charge in [0.25, 0.3) is 0 Å². The molecule has 1 fully saturated rings. The van der Waals surface area contributed by atoms with Crippen molar-refractivity contribution >= 4 is 33.1 Å². The topological polar surface area (TPSA) is 66.4 Å². The number of hydrogen-bond donors (Lipinski definition) is 2. The van der Waals surface area contributed by atoms with E-state index >= 15 is 0 Å². The Labute approximate surface area is 129 Å². The number of aliphatic hydroxyl groups is 1. The highest BCUT2D eigenvalue weighted by molar-refractivity contribution is 8.00. The fraction of sp³-hybridized carbons (Fsp3) is 0.692. The average molecular weight is 336 g/mol. The van der Waals surface area contributed by atoms with Gasteiger partial charge in [0, 0.05) is 16.2 Å². The minimum Gasteiger partial charge on any atom is -0.391 e. The van der Waals surface area contributed by atoms with Gasteiger partial charge in [0.1, 0.15) is 0 Å². The van der Waals surface area contributed by atoms with Crippen molar-refractivity contribution in [3.63, 3.8) is 0 Å². The van der Waals surface area contributed by atoms with Crippen molar-refractivity contribution in [3.05, 3.63) is 16.3 Å². The first-order valence-electron chi connectivity index (χ1n) is 6.75. The van der Waals surface area contributed by atoms with E-state index in [4.69, 9.17) is 0 Å². The fourth-order valence-corrected chi connectivity index (χ4v) is 6.06. The molecule has 0 spiro atoms. The van der Waals surface area contributed by atoms with Crippen LogP contribution in [0, 0.1) is 0 Å². The minimum atomic E-state index is -3.52. The van der Waals surface area contributed by atoms with Crippen LogP contribution in [0.4, 0.5) is 0 Å². The lowest BCUT2D eigenvalue weighted by Crippen LogP contribution is -2.41. The number of hydrogen-bond acceptors (Lipinski definition) is 5. The lowest BCUT2D eigenvalue weighted by atomic mass is 9.88. The first-order valence-corrected chi connectivity index (χ1v) is 10.3. The van der Waals surface area contributed by atoms with Crippen LogP contribution in [0.3, 0.4) is 0 Å². The van der Waals surface area contributed by atoms with E-state index in [0.29, 0.717) is 11.4 Å². The Balaban J connectivity index is 2.09. The van der Waals surface area contributed by atoms with Crippen molar-refractivity contribution < 1.29 is 13.5 Å². The van der Waals surface area contributed by atoms with Crippen LogP contribution >= 0.6 is 23.1 Å². The first kappa shape index (κ1) is 16.3. The summed E-state index contributed by atoms with van der Waals surface area (Å²) in [5.74, 6) is 0. The summed E-state index contributed by atoms with van der Waals surface area (Å²) in [5, 5.41) is 10.9. The Morgan fingerprint density at radius 1 is 1.40 bits per heavy atom. The maximum atomic E-state index is 12.3. The highest BCUT2D eigenvalue weighted by atomic mass is 32.2. The molecule has 1 aliphatic carbocycles. The van der Waals surface area contributed by atoms with E-state index < -0.39 is 10.0 Å². The summed E-state index contributed by atoms with van der Waals surface area (Å²) in [7, 11) is -3.52. The van der Waals surface area contributed by atoms with Gasteiger partial charge in [-0.15, -0.1) is 11.3 Å². The van der Waals surface area contributed by atoms with Gasteiger partial charge in [-0.05, 0) is 30.5 Å². The van der Waals surface area contributed by atoms with Crippen LogP contribution in [-0.4, -0.2) is 31.1 Å². The average Bonchev–Trinajstić information content (AvgIpc) is 2.96. The number of nitrogens with one attached hydrogen (secondary N) is 1. The van der Waals surface area contributed by atoms with Crippen LogP contribution in [0.5, 0.6) is 0 Å². The van der Waals surface area contributed by atoms with E-state index in [2.05, 4.69) is 11.0 Å². The van der Waals surface area contributed by atoms with E-state index in [-0.39, 0.29) is 16.2 Å². The maximum Gasteiger partial charge on any atom is 0.241 e. The molecule has 2 rings (SSSR count). The smallest absolute Gasteiger partial charge is 0.241 e. The molecule has 0 amide bonds. The zero-order valence-corrected chi connectivity index (χ0v) is 14.0. The predicted molar refractivity (Wildman–Crippen MR) is 84.8 cm³/mol. The summed E-state index contributed by atoms with van der Waals surface area (Å²) in [5.41, 5.74) is 0. The van der Waals surface area contributed by atoms with Crippen molar-refractivity contribution in [2.45, 2.75) is 48.4 Å². The third-order valence-electron chi connectivity index (χ3n) is 3.92. The SMILES string of the molecule is CSC1(CNS(=O)(=O)c2ccsc2CO)CCCCC1. The van der Waals surface area contributed by atoms with E-state index in [9.17, 15) is 13.5 Å². The van der Waals surface area contributed by atoms with E-state index in [1.807, 2.05) is 0 Å². The quantitative estimate of drug-likeness (QED) is 0.838. The van der Waals surface area contributed by atoms with E-state index in [0.717, 1.165) is 12.8 Å². The molecule has 1 aromatic rings. The molecule has 4 nitrogen and oxygen atoms in total. The van der Waals surface area contributed by atoms with Gasteiger partial charge < -0.3 is 5.11 Å². The second-order valence-electron chi connectivity index (χ2n) is 5.14. The molecular weight excluding hydrogens is 314 g/mol. The first-order chi connectivity index (χ1) is 9.53. The standard InChI is InChI=1S/C13H21NO3S3/c1-18-13(6-3-2-4-7-13)10-14-20(16,17)12-5-8-19-11(12)9-15/h5,8,14-15H,2-4,6-7,9-10H2,1H3. The van der Waals surface area contributed by atoms with Gasteiger partial charge in [-0.1, -0.05) is 19.3 Å².